The van der Waals surface area contributed by atoms with Crippen molar-refractivity contribution in [2.75, 3.05) is 0 Å². The van der Waals surface area contributed by atoms with Gasteiger partial charge in [-0.3, -0.25) is 4.79 Å². The van der Waals surface area contributed by atoms with E-state index in [2.05, 4.69) is 9.97 Å². The number of carbonyl (C=O) groups is 1. The van der Waals surface area contributed by atoms with Gasteiger partial charge in [0, 0.05) is 5.02 Å². The fourth-order valence-electron chi connectivity index (χ4n) is 2.44. The lowest BCUT2D eigenvalue weighted by Gasteiger charge is -2.15. The van der Waals surface area contributed by atoms with Crippen molar-refractivity contribution >= 4 is 28.5 Å². The zero-order chi connectivity index (χ0) is 18.7. The van der Waals surface area contributed by atoms with Crippen molar-refractivity contribution in [2.24, 2.45) is 0 Å². The maximum Gasteiger partial charge on any atom is 0.347 e. The standard InChI is InChI=1S/C19H17ClN2O4/c1-11-9-13(20)7-8-16(11)26-12(2)19(24)25-10-17-21-15-6-4-3-5-14(15)18(23)22-17/h3-9,12H,10H2,1-2H3,(H,21,22,23). The first-order valence-corrected chi connectivity index (χ1v) is 8.39. The number of aryl methyl sites for hydroxylation is 1. The van der Waals surface area contributed by atoms with Crippen molar-refractivity contribution in [3.05, 3.63) is 69.2 Å². The van der Waals surface area contributed by atoms with Crippen molar-refractivity contribution in [1.29, 1.82) is 0 Å². The summed E-state index contributed by atoms with van der Waals surface area (Å²) in [7, 11) is 0. The van der Waals surface area contributed by atoms with E-state index in [1.54, 1.807) is 49.4 Å². The summed E-state index contributed by atoms with van der Waals surface area (Å²) in [6.45, 7) is 3.28. The number of carbonyl (C=O) groups excluding carboxylic acids is 1. The molecule has 7 heteroatoms. The van der Waals surface area contributed by atoms with Gasteiger partial charge in [0.2, 0.25) is 0 Å². The molecule has 1 atom stereocenters. The number of aromatic nitrogens is 2. The van der Waals surface area contributed by atoms with Gasteiger partial charge in [-0.1, -0.05) is 23.7 Å². The van der Waals surface area contributed by atoms with Crippen LogP contribution in [0.4, 0.5) is 0 Å². The molecular formula is C19H17ClN2O4. The maximum atomic E-state index is 12.2. The Labute approximate surface area is 154 Å². The van der Waals surface area contributed by atoms with E-state index in [9.17, 15) is 9.59 Å². The number of ether oxygens (including phenoxy) is 2. The third-order valence-electron chi connectivity index (χ3n) is 3.79. The molecule has 3 aromatic rings. The van der Waals surface area contributed by atoms with Crippen LogP contribution in [-0.2, 0) is 16.1 Å². The molecule has 26 heavy (non-hydrogen) atoms. The molecule has 0 amide bonds. The van der Waals surface area contributed by atoms with Crippen molar-refractivity contribution in [3.63, 3.8) is 0 Å². The molecule has 3 rings (SSSR count). The number of H-pyrrole nitrogens is 1. The molecule has 6 nitrogen and oxygen atoms in total. The molecule has 0 saturated carbocycles. The fraction of sp³-hybridized carbons (Fsp3) is 0.211. The number of para-hydroxylation sites is 1. The summed E-state index contributed by atoms with van der Waals surface area (Å²) >= 11 is 5.90. The Hall–Kier alpha value is -2.86. The van der Waals surface area contributed by atoms with Crippen LogP contribution in [-0.4, -0.2) is 22.0 Å². The normalized spacial score (nSPS) is 12.0. The lowest BCUT2D eigenvalue weighted by Crippen LogP contribution is -2.27. The first-order chi connectivity index (χ1) is 12.4. The van der Waals surface area contributed by atoms with Gasteiger partial charge in [-0.05, 0) is 49.7 Å². The Kier molecular flexibility index (Phi) is 5.23. The Bertz CT molecular complexity index is 1020. The second-order valence-corrected chi connectivity index (χ2v) is 6.24. The number of hydrogen-bond acceptors (Lipinski definition) is 5. The number of fused-ring (bicyclic) bond motifs is 1. The summed E-state index contributed by atoms with van der Waals surface area (Å²) in [5.41, 5.74) is 1.09. The van der Waals surface area contributed by atoms with Crippen LogP contribution in [0.15, 0.2) is 47.3 Å². The van der Waals surface area contributed by atoms with E-state index in [1.807, 2.05) is 6.92 Å². The van der Waals surface area contributed by atoms with Crippen molar-refractivity contribution in [3.8, 4) is 5.75 Å². The average molecular weight is 373 g/mol. The van der Waals surface area contributed by atoms with E-state index < -0.39 is 12.1 Å². The molecule has 1 aromatic heterocycles. The molecule has 1 heterocycles. The van der Waals surface area contributed by atoms with Gasteiger partial charge in [0.1, 0.15) is 18.2 Å². The van der Waals surface area contributed by atoms with Gasteiger partial charge >= 0.3 is 5.97 Å². The number of rotatable bonds is 5. The van der Waals surface area contributed by atoms with Crippen LogP contribution < -0.4 is 10.3 Å². The number of aromatic amines is 1. The lowest BCUT2D eigenvalue weighted by atomic mass is 10.2. The quantitative estimate of drug-likeness (QED) is 0.694. The smallest absolute Gasteiger partial charge is 0.347 e. The molecular weight excluding hydrogens is 356 g/mol. The molecule has 134 valence electrons. The highest BCUT2D eigenvalue weighted by Gasteiger charge is 2.18. The van der Waals surface area contributed by atoms with Crippen LogP contribution in [0.25, 0.3) is 10.9 Å². The molecule has 0 fully saturated rings. The van der Waals surface area contributed by atoms with Gasteiger partial charge in [0.15, 0.2) is 6.10 Å². The third kappa shape index (κ3) is 4.03. The Morgan fingerprint density at radius 1 is 1.27 bits per heavy atom. The van der Waals surface area contributed by atoms with Gasteiger partial charge in [-0.15, -0.1) is 0 Å². The summed E-state index contributed by atoms with van der Waals surface area (Å²) in [6.07, 6.45) is -0.818. The minimum atomic E-state index is -0.818. The summed E-state index contributed by atoms with van der Waals surface area (Å²) in [4.78, 5) is 31.1. The Morgan fingerprint density at radius 2 is 2.04 bits per heavy atom. The number of nitrogens with one attached hydrogen (secondary N) is 1. The van der Waals surface area contributed by atoms with Crippen molar-refractivity contribution in [1.82, 2.24) is 9.97 Å². The Balaban J connectivity index is 1.65. The summed E-state index contributed by atoms with van der Waals surface area (Å²) in [5, 5.41) is 1.08. The van der Waals surface area contributed by atoms with Gasteiger partial charge in [0.05, 0.1) is 10.9 Å². The van der Waals surface area contributed by atoms with Crippen LogP contribution in [0, 0.1) is 6.92 Å². The van der Waals surface area contributed by atoms with Crippen LogP contribution >= 0.6 is 11.6 Å². The maximum absolute atomic E-state index is 12.2. The SMILES string of the molecule is Cc1cc(Cl)ccc1OC(C)C(=O)OCc1nc2ccccc2c(=O)[nH]1. The van der Waals surface area contributed by atoms with E-state index in [4.69, 9.17) is 21.1 Å². The van der Waals surface area contributed by atoms with Gasteiger partial charge < -0.3 is 14.5 Å². The molecule has 0 spiro atoms. The Morgan fingerprint density at radius 3 is 2.81 bits per heavy atom. The summed E-state index contributed by atoms with van der Waals surface area (Å²) in [6, 6.07) is 12.1. The van der Waals surface area contributed by atoms with E-state index in [0.717, 1.165) is 5.56 Å². The van der Waals surface area contributed by atoms with Crippen LogP contribution in [0.2, 0.25) is 5.02 Å². The molecule has 2 aromatic carbocycles. The van der Waals surface area contributed by atoms with Gasteiger partial charge in [-0.2, -0.15) is 0 Å². The molecule has 0 bridgehead atoms. The van der Waals surface area contributed by atoms with Crippen LogP contribution in [0.1, 0.15) is 18.3 Å². The first-order valence-electron chi connectivity index (χ1n) is 8.01. The number of hydrogen-bond donors (Lipinski definition) is 1. The van der Waals surface area contributed by atoms with Crippen LogP contribution in [0.3, 0.4) is 0 Å². The zero-order valence-electron chi connectivity index (χ0n) is 14.3. The number of nitrogens with zero attached hydrogens (tertiary/aromatic N) is 1. The summed E-state index contributed by atoms with van der Waals surface area (Å²) in [5.74, 6) is 0.267. The number of halogens is 1. The molecule has 1 unspecified atom stereocenters. The monoisotopic (exact) mass is 372 g/mol. The topological polar surface area (TPSA) is 81.3 Å². The minimum absolute atomic E-state index is 0.147. The molecule has 0 aliphatic carbocycles. The first kappa shape index (κ1) is 17.9. The van der Waals surface area contributed by atoms with Crippen molar-refractivity contribution < 1.29 is 14.3 Å². The average Bonchev–Trinajstić information content (AvgIpc) is 2.62. The summed E-state index contributed by atoms with van der Waals surface area (Å²) < 4.78 is 10.8. The highest BCUT2D eigenvalue weighted by molar-refractivity contribution is 6.30. The van der Waals surface area contributed by atoms with E-state index in [-0.39, 0.29) is 18.0 Å². The van der Waals surface area contributed by atoms with Gasteiger partial charge in [0.25, 0.3) is 5.56 Å². The fourth-order valence-corrected chi connectivity index (χ4v) is 2.67. The highest BCUT2D eigenvalue weighted by Crippen LogP contribution is 2.23. The second kappa shape index (κ2) is 7.58. The largest absolute Gasteiger partial charge is 0.479 e. The zero-order valence-corrected chi connectivity index (χ0v) is 15.0. The minimum Gasteiger partial charge on any atom is -0.479 e. The van der Waals surface area contributed by atoms with Crippen LogP contribution in [0.5, 0.6) is 5.75 Å². The highest BCUT2D eigenvalue weighted by atomic mass is 35.5. The predicted molar refractivity (Wildman–Crippen MR) is 98.4 cm³/mol. The van der Waals surface area contributed by atoms with E-state index in [0.29, 0.717) is 21.7 Å². The molecule has 0 aliphatic heterocycles. The lowest BCUT2D eigenvalue weighted by molar-refractivity contribution is -0.152. The molecule has 0 aliphatic rings. The third-order valence-corrected chi connectivity index (χ3v) is 4.02. The predicted octanol–water partition coefficient (Wildman–Crippen LogP) is 3.40. The van der Waals surface area contributed by atoms with Gasteiger partial charge in [-0.25, -0.2) is 9.78 Å². The van der Waals surface area contributed by atoms with E-state index in [1.165, 1.54) is 0 Å². The number of esters is 1. The number of benzene rings is 2. The molecule has 0 saturated heterocycles. The second-order valence-electron chi connectivity index (χ2n) is 5.81. The molecule has 1 N–H and O–H groups in total. The van der Waals surface area contributed by atoms with Crippen molar-refractivity contribution in [2.45, 2.75) is 26.6 Å². The van der Waals surface area contributed by atoms with E-state index >= 15 is 0 Å². The molecule has 0 radical (unpaired) electrons.